The van der Waals surface area contributed by atoms with Crippen LogP contribution in [0.15, 0.2) is 76.6 Å². The fourth-order valence-electron chi connectivity index (χ4n) is 3.78. The van der Waals surface area contributed by atoms with Gasteiger partial charge < -0.3 is 9.88 Å². The number of aryl methyl sites for hydroxylation is 2. The molecule has 154 valence electrons. The Balaban J connectivity index is 1.62. The predicted octanol–water partition coefficient (Wildman–Crippen LogP) is 2.77. The van der Waals surface area contributed by atoms with Gasteiger partial charge in [-0.2, -0.15) is 4.98 Å². The maximum absolute atomic E-state index is 13.3. The maximum Gasteiger partial charge on any atom is 0.332 e. The second-order valence-electron chi connectivity index (χ2n) is 7.44. The van der Waals surface area contributed by atoms with E-state index in [-0.39, 0.29) is 12.1 Å². The molecule has 0 radical (unpaired) electrons. The van der Waals surface area contributed by atoms with Crippen LogP contribution in [0.3, 0.4) is 0 Å². The Bertz CT molecular complexity index is 1550. The maximum atomic E-state index is 13.3. The zero-order valence-corrected chi connectivity index (χ0v) is 17.1. The number of benzene rings is 2. The van der Waals surface area contributed by atoms with Gasteiger partial charge in [0.2, 0.25) is 5.95 Å². The van der Waals surface area contributed by atoms with Gasteiger partial charge in [-0.25, -0.2) is 4.79 Å². The van der Waals surface area contributed by atoms with Crippen LogP contribution in [0.5, 0.6) is 0 Å². The molecule has 0 saturated carbocycles. The molecule has 0 aliphatic carbocycles. The lowest BCUT2D eigenvalue weighted by Crippen LogP contribution is -2.39. The monoisotopic (exact) mass is 412 g/mol. The highest BCUT2D eigenvalue weighted by Gasteiger charge is 2.19. The molecule has 3 heterocycles. The summed E-state index contributed by atoms with van der Waals surface area (Å²) in [7, 11) is 3.38. The number of pyridine rings is 1. The molecule has 0 fully saturated rings. The van der Waals surface area contributed by atoms with Crippen molar-refractivity contribution >= 4 is 33.6 Å². The molecular weight excluding hydrogens is 392 g/mol. The molecule has 0 unspecified atom stereocenters. The van der Waals surface area contributed by atoms with E-state index in [1.165, 1.54) is 9.13 Å². The molecular formula is C23H20N6O2. The summed E-state index contributed by atoms with van der Waals surface area (Å²) in [4.78, 5) is 34.8. The molecule has 0 atom stereocenters. The lowest BCUT2D eigenvalue weighted by atomic mass is 10.1. The van der Waals surface area contributed by atoms with Crippen molar-refractivity contribution in [3.05, 3.63) is 93.4 Å². The molecule has 0 aliphatic heterocycles. The Morgan fingerprint density at radius 3 is 2.42 bits per heavy atom. The molecule has 5 rings (SSSR count). The third kappa shape index (κ3) is 3.18. The number of nitrogens with zero attached hydrogens (tertiary/aromatic N) is 5. The first-order chi connectivity index (χ1) is 15.0. The molecule has 0 spiro atoms. The average Bonchev–Trinajstić information content (AvgIpc) is 3.12. The van der Waals surface area contributed by atoms with Crippen molar-refractivity contribution in [3.63, 3.8) is 0 Å². The van der Waals surface area contributed by atoms with E-state index in [0.29, 0.717) is 17.1 Å². The van der Waals surface area contributed by atoms with Crippen molar-refractivity contribution in [2.75, 3.05) is 5.32 Å². The summed E-state index contributed by atoms with van der Waals surface area (Å²) in [5.74, 6) is 0.469. The van der Waals surface area contributed by atoms with E-state index in [4.69, 9.17) is 0 Å². The van der Waals surface area contributed by atoms with Gasteiger partial charge in [0.1, 0.15) is 0 Å². The zero-order valence-electron chi connectivity index (χ0n) is 17.1. The van der Waals surface area contributed by atoms with Gasteiger partial charge in [-0.05, 0) is 34.5 Å². The van der Waals surface area contributed by atoms with Crippen LogP contribution in [-0.2, 0) is 20.6 Å². The molecule has 5 aromatic rings. The van der Waals surface area contributed by atoms with Gasteiger partial charge in [0.25, 0.3) is 5.56 Å². The summed E-state index contributed by atoms with van der Waals surface area (Å²) >= 11 is 0. The number of fused-ring (bicyclic) bond motifs is 2. The van der Waals surface area contributed by atoms with Crippen molar-refractivity contribution in [1.82, 2.24) is 23.7 Å². The van der Waals surface area contributed by atoms with Gasteiger partial charge in [-0.1, -0.05) is 36.4 Å². The van der Waals surface area contributed by atoms with E-state index >= 15 is 0 Å². The smallest absolute Gasteiger partial charge is 0.325 e. The SMILES string of the molecule is Cn1c(Nc2ccncc2)nc2c1c(=O)n(Cc1ccc3ccccc3c1)c(=O)n2C. The van der Waals surface area contributed by atoms with E-state index in [9.17, 15) is 9.59 Å². The molecule has 2 aromatic carbocycles. The van der Waals surface area contributed by atoms with Gasteiger partial charge >= 0.3 is 5.69 Å². The highest BCUT2D eigenvalue weighted by Crippen LogP contribution is 2.19. The molecule has 0 aliphatic rings. The normalized spacial score (nSPS) is 11.3. The van der Waals surface area contributed by atoms with Crippen LogP contribution < -0.4 is 16.6 Å². The van der Waals surface area contributed by atoms with E-state index < -0.39 is 5.69 Å². The van der Waals surface area contributed by atoms with Crippen molar-refractivity contribution in [2.24, 2.45) is 14.1 Å². The molecule has 8 nitrogen and oxygen atoms in total. The largest absolute Gasteiger partial charge is 0.332 e. The Kier molecular flexibility index (Phi) is 4.39. The number of anilines is 2. The Morgan fingerprint density at radius 2 is 1.65 bits per heavy atom. The summed E-state index contributed by atoms with van der Waals surface area (Å²) in [5.41, 5.74) is 1.59. The lowest BCUT2D eigenvalue weighted by Gasteiger charge is -2.09. The minimum atomic E-state index is -0.404. The fourth-order valence-corrected chi connectivity index (χ4v) is 3.78. The summed E-state index contributed by atoms with van der Waals surface area (Å²) in [6.45, 7) is 0.185. The molecule has 0 bridgehead atoms. The zero-order chi connectivity index (χ0) is 21.5. The first kappa shape index (κ1) is 18.8. The Hall–Kier alpha value is -4.20. The van der Waals surface area contributed by atoms with Crippen LogP contribution in [0, 0.1) is 0 Å². The minimum absolute atomic E-state index is 0.185. The average molecular weight is 412 g/mol. The summed E-state index contributed by atoms with van der Waals surface area (Å²) in [6, 6.07) is 17.5. The lowest BCUT2D eigenvalue weighted by molar-refractivity contribution is 0.655. The fraction of sp³-hybridized carbons (Fsp3) is 0.130. The van der Waals surface area contributed by atoms with Crippen LogP contribution in [0.25, 0.3) is 21.9 Å². The molecule has 3 aromatic heterocycles. The van der Waals surface area contributed by atoms with Crippen molar-refractivity contribution in [1.29, 1.82) is 0 Å². The molecule has 0 saturated heterocycles. The topological polar surface area (TPSA) is 86.7 Å². The standard InChI is InChI=1S/C23H20N6O2/c1-27-19-20(26-22(27)25-18-9-11-24-12-10-18)28(2)23(31)29(21(19)30)14-15-7-8-16-5-3-4-6-17(16)13-15/h3-13H,14H2,1-2H3,(H,24,25,26). The highest BCUT2D eigenvalue weighted by atomic mass is 16.2. The van der Waals surface area contributed by atoms with E-state index in [0.717, 1.165) is 22.0 Å². The van der Waals surface area contributed by atoms with Crippen LogP contribution in [0.4, 0.5) is 11.6 Å². The predicted molar refractivity (Wildman–Crippen MR) is 121 cm³/mol. The highest BCUT2D eigenvalue weighted by molar-refractivity contribution is 5.83. The van der Waals surface area contributed by atoms with Crippen LogP contribution in [0.1, 0.15) is 5.56 Å². The molecule has 0 amide bonds. The third-order valence-corrected chi connectivity index (χ3v) is 5.45. The van der Waals surface area contributed by atoms with Gasteiger partial charge in [0.05, 0.1) is 6.54 Å². The van der Waals surface area contributed by atoms with Gasteiger partial charge in [-0.15, -0.1) is 0 Å². The number of hydrogen-bond donors (Lipinski definition) is 1. The van der Waals surface area contributed by atoms with Crippen molar-refractivity contribution in [3.8, 4) is 0 Å². The first-order valence-corrected chi connectivity index (χ1v) is 9.84. The van der Waals surface area contributed by atoms with Crippen molar-refractivity contribution < 1.29 is 0 Å². The van der Waals surface area contributed by atoms with E-state index in [2.05, 4.69) is 15.3 Å². The molecule has 8 heteroatoms. The van der Waals surface area contributed by atoms with E-state index in [1.54, 1.807) is 43.2 Å². The van der Waals surface area contributed by atoms with Crippen LogP contribution in [-0.4, -0.2) is 23.7 Å². The quantitative estimate of drug-likeness (QED) is 0.491. The number of rotatable bonds is 4. The number of nitrogens with one attached hydrogen (secondary N) is 1. The van der Waals surface area contributed by atoms with Crippen LogP contribution in [0.2, 0.25) is 0 Å². The van der Waals surface area contributed by atoms with E-state index in [1.807, 2.05) is 42.5 Å². The number of imidazole rings is 1. The Labute approximate surface area is 177 Å². The first-order valence-electron chi connectivity index (χ1n) is 9.84. The molecule has 31 heavy (non-hydrogen) atoms. The van der Waals surface area contributed by atoms with Gasteiger partial charge in [-0.3, -0.25) is 18.9 Å². The second-order valence-corrected chi connectivity index (χ2v) is 7.44. The number of hydrogen-bond acceptors (Lipinski definition) is 5. The van der Waals surface area contributed by atoms with Gasteiger partial charge in [0, 0.05) is 32.2 Å². The van der Waals surface area contributed by atoms with Crippen molar-refractivity contribution in [2.45, 2.75) is 6.54 Å². The summed E-state index contributed by atoms with van der Waals surface area (Å²) in [5, 5.41) is 5.35. The summed E-state index contributed by atoms with van der Waals surface area (Å²) in [6.07, 6.45) is 3.33. The third-order valence-electron chi connectivity index (χ3n) is 5.45. The summed E-state index contributed by atoms with van der Waals surface area (Å²) < 4.78 is 4.34. The van der Waals surface area contributed by atoms with Gasteiger partial charge in [0.15, 0.2) is 11.2 Å². The Morgan fingerprint density at radius 1 is 0.903 bits per heavy atom. The number of aromatic nitrogens is 5. The second kappa shape index (κ2) is 7.24. The minimum Gasteiger partial charge on any atom is -0.325 e. The molecule has 1 N–H and O–H groups in total. The van der Waals surface area contributed by atoms with Crippen LogP contribution >= 0.6 is 0 Å².